The number of aliphatic carboxylic acids is 2. The first-order chi connectivity index (χ1) is 9.25. The summed E-state index contributed by atoms with van der Waals surface area (Å²) in [5.74, 6) is -3.58. The maximum Gasteiger partial charge on any atom is 0.508 e. The molecule has 0 radical (unpaired) electrons. The molecule has 1 atom stereocenters. The Morgan fingerprint density at radius 3 is 2.10 bits per heavy atom. The van der Waals surface area contributed by atoms with Crippen LogP contribution in [0, 0.1) is 0 Å². The van der Waals surface area contributed by atoms with Crippen LogP contribution in [0.1, 0.15) is 12.8 Å². The zero-order valence-corrected chi connectivity index (χ0v) is 10.4. The number of ether oxygens (including phenoxy) is 2. The molecule has 1 aliphatic heterocycles. The van der Waals surface area contributed by atoms with Gasteiger partial charge in [0, 0.05) is 0 Å². The van der Waals surface area contributed by atoms with Crippen LogP contribution < -0.4 is 0 Å². The Morgan fingerprint density at radius 1 is 1.15 bits per heavy atom. The summed E-state index contributed by atoms with van der Waals surface area (Å²) in [4.78, 5) is 44.7. The van der Waals surface area contributed by atoms with Crippen molar-refractivity contribution in [3.63, 3.8) is 0 Å². The standard InChI is InChI=1S/C10H13NO9/c1-19-9(18)20-5-2-3-10(6(12)13,7(14)15)11(4-5)8(16)17/h5H,2-4H2,1H3,(H,12,13)(H,14,15)(H,16,17). The Labute approximate surface area is 112 Å². The molecule has 1 saturated heterocycles. The Balaban J connectivity index is 3.02. The molecule has 1 unspecified atom stereocenters. The predicted molar refractivity (Wildman–Crippen MR) is 59.2 cm³/mol. The van der Waals surface area contributed by atoms with Crippen LogP contribution in [0.5, 0.6) is 0 Å². The van der Waals surface area contributed by atoms with E-state index >= 15 is 0 Å². The smallest absolute Gasteiger partial charge is 0.479 e. The molecule has 0 aromatic carbocycles. The third kappa shape index (κ3) is 2.58. The van der Waals surface area contributed by atoms with Gasteiger partial charge in [-0.2, -0.15) is 0 Å². The lowest BCUT2D eigenvalue weighted by Crippen LogP contribution is -2.66. The van der Waals surface area contributed by atoms with Crippen LogP contribution in [0.15, 0.2) is 0 Å². The van der Waals surface area contributed by atoms with Crippen molar-refractivity contribution in [2.24, 2.45) is 0 Å². The lowest BCUT2D eigenvalue weighted by molar-refractivity contribution is -0.171. The van der Waals surface area contributed by atoms with Crippen molar-refractivity contribution >= 4 is 24.2 Å². The highest BCUT2D eigenvalue weighted by Gasteiger charge is 2.57. The molecule has 3 N–H and O–H groups in total. The average Bonchev–Trinajstić information content (AvgIpc) is 2.37. The summed E-state index contributed by atoms with van der Waals surface area (Å²) in [6.45, 7) is -0.566. The first kappa shape index (κ1) is 15.5. The fourth-order valence-electron chi connectivity index (χ4n) is 2.01. The van der Waals surface area contributed by atoms with E-state index in [9.17, 15) is 19.2 Å². The minimum Gasteiger partial charge on any atom is -0.479 e. The minimum absolute atomic E-state index is 0.114. The van der Waals surface area contributed by atoms with E-state index < -0.39 is 48.8 Å². The molecule has 1 amide bonds. The second-order valence-electron chi connectivity index (χ2n) is 4.10. The molecular formula is C10H13NO9. The first-order valence-corrected chi connectivity index (χ1v) is 5.47. The number of nitrogens with zero attached hydrogens (tertiary/aromatic N) is 1. The molecule has 0 aliphatic carbocycles. The highest BCUT2D eigenvalue weighted by atomic mass is 16.7. The summed E-state index contributed by atoms with van der Waals surface area (Å²) >= 11 is 0. The van der Waals surface area contributed by atoms with Gasteiger partial charge in [0.15, 0.2) is 0 Å². The van der Waals surface area contributed by atoms with Crippen molar-refractivity contribution < 1.29 is 44.0 Å². The van der Waals surface area contributed by atoms with Gasteiger partial charge in [0.2, 0.25) is 5.54 Å². The summed E-state index contributed by atoms with van der Waals surface area (Å²) < 4.78 is 8.96. The zero-order chi connectivity index (χ0) is 15.5. The molecule has 0 bridgehead atoms. The molecule has 1 aliphatic rings. The van der Waals surface area contributed by atoms with E-state index in [4.69, 9.17) is 20.1 Å². The Morgan fingerprint density at radius 2 is 1.70 bits per heavy atom. The van der Waals surface area contributed by atoms with Gasteiger partial charge in [-0.05, 0) is 12.8 Å². The lowest BCUT2D eigenvalue weighted by atomic mass is 9.86. The molecule has 20 heavy (non-hydrogen) atoms. The molecule has 0 spiro atoms. The van der Waals surface area contributed by atoms with Gasteiger partial charge in [-0.1, -0.05) is 0 Å². The fraction of sp³-hybridized carbons (Fsp3) is 0.600. The van der Waals surface area contributed by atoms with Crippen LogP contribution in [0.3, 0.4) is 0 Å². The molecule has 0 aromatic heterocycles. The summed E-state index contributed by atoms with van der Waals surface area (Å²) in [6, 6.07) is 0. The largest absolute Gasteiger partial charge is 0.508 e. The number of piperidine rings is 1. The van der Waals surface area contributed by atoms with Crippen LogP contribution in [-0.4, -0.2) is 69.7 Å². The molecule has 1 fully saturated rings. The number of carbonyl (C=O) groups is 4. The number of rotatable bonds is 3. The first-order valence-electron chi connectivity index (χ1n) is 5.47. The van der Waals surface area contributed by atoms with Gasteiger partial charge in [0.1, 0.15) is 6.10 Å². The summed E-state index contributed by atoms with van der Waals surface area (Å²) in [5.41, 5.74) is -2.58. The molecule has 0 saturated carbocycles. The van der Waals surface area contributed by atoms with Gasteiger partial charge in [-0.25, -0.2) is 19.2 Å². The van der Waals surface area contributed by atoms with E-state index in [1.165, 1.54) is 0 Å². The Bertz CT molecular complexity index is 432. The normalized spacial score (nSPS) is 20.9. The number of hydrogen-bond acceptors (Lipinski definition) is 6. The van der Waals surface area contributed by atoms with Crippen molar-refractivity contribution in [2.45, 2.75) is 24.5 Å². The van der Waals surface area contributed by atoms with Gasteiger partial charge in [-0.15, -0.1) is 0 Å². The van der Waals surface area contributed by atoms with E-state index in [0.717, 1.165) is 7.11 Å². The van der Waals surface area contributed by atoms with Crippen LogP contribution in [0.4, 0.5) is 9.59 Å². The second kappa shape index (κ2) is 5.63. The van der Waals surface area contributed by atoms with E-state index in [-0.39, 0.29) is 11.3 Å². The number of methoxy groups -OCH3 is 1. The van der Waals surface area contributed by atoms with E-state index in [2.05, 4.69) is 4.74 Å². The van der Waals surface area contributed by atoms with Crippen LogP contribution in [0.2, 0.25) is 0 Å². The van der Waals surface area contributed by atoms with E-state index in [1.54, 1.807) is 0 Å². The number of amides is 1. The van der Waals surface area contributed by atoms with E-state index in [1.807, 2.05) is 0 Å². The van der Waals surface area contributed by atoms with Gasteiger partial charge >= 0.3 is 24.2 Å². The highest BCUT2D eigenvalue weighted by Crippen LogP contribution is 2.30. The molecular weight excluding hydrogens is 278 g/mol. The number of hydrogen-bond donors (Lipinski definition) is 3. The number of likely N-dealkylation sites (tertiary alicyclic amines) is 1. The molecule has 112 valence electrons. The maximum absolute atomic E-state index is 11.2. The van der Waals surface area contributed by atoms with Crippen molar-refractivity contribution in [1.82, 2.24) is 4.90 Å². The third-order valence-electron chi connectivity index (χ3n) is 3.04. The topological polar surface area (TPSA) is 151 Å². The molecule has 0 aromatic rings. The maximum atomic E-state index is 11.2. The predicted octanol–water partition coefficient (Wildman–Crippen LogP) is -0.180. The fourth-order valence-corrected chi connectivity index (χ4v) is 2.01. The Kier molecular flexibility index (Phi) is 4.38. The van der Waals surface area contributed by atoms with Crippen molar-refractivity contribution in [3.8, 4) is 0 Å². The van der Waals surface area contributed by atoms with Crippen molar-refractivity contribution in [3.05, 3.63) is 0 Å². The zero-order valence-electron chi connectivity index (χ0n) is 10.4. The third-order valence-corrected chi connectivity index (χ3v) is 3.04. The van der Waals surface area contributed by atoms with Crippen molar-refractivity contribution in [2.75, 3.05) is 13.7 Å². The lowest BCUT2D eigenvalue weighted by Gasteiger charge is -2.41. The quantitative estimate of drug-likeness (QED) is 0.475. The van der Waals surface area contributed by atoms with Gasteiger partial charge in [-0.3, -0.25) is 4.90 Å². The highest BCUT2D eigenvalue weighted by molar-refractivity contribution is 6.05. The molecule has 1 rings (SSSR count). The van der Waals surface area contributed by atoms with Crippen LogP contribution in [-0.2, 0) is 19.1 Å². The summed E-state index contributed by atoms with van der Waals surface area (Å²) in [5, 5.41) is 27.2. The van der Waals surface area contributed by atoms with E-state index in [0.29, 0.717) is 0 Å². The summed E-state index contributed by atoms with van der Waals surface area (Å²) in [7, 11) is 1.05. The number of carbonyl (C=O) groups excluding carboxylic acids is 1. The summed E-state index contributed by atoms with van der Waals surface area (Å²) in [6.07, 6.45) is -4.39. The SMILES string of the molecule is COC(=O)OC1CCC(C(=O)O)(C(=O)O)N(C(=O)O)C1. The van der Waals surface area contributed by atoms with Crippen molar-refractivity contribution in [1.29, 1.82) is 0 Å². The number of carboxylic acid groups (broad SMARTS) is 3. The molecule has 10 heteroatoms. The van der Waals surface area contributed by atoms with Gasteiger partial charge in [0.25, 0.3) is 0 Å². The van der Waals surface area contributed by atoms with Crippen LogP contribution in [0.25, 0.3) is 0 Å². The Hall–Kier alpha value is -2.52. The second-order valence-corrected chi connectivity index (χ2v) is 4.10. The van der Waals surface area contributed by atoms with Crippen LogP contribution >= 0.6 is 0 Å². The molecule has 10 nitrogen and oxygen atoms in total. The average molecular weight is 291 g/mol. The number of carboxylic acids is 2. The van der Waals surface area contributed by atoms with Gasteiger partial charge in [0.05, 0.1) is 13.7 Å². The molecule has 1 heterocycles. The minimum atomic E-state index is -2.58. The van der Waals surface area contributed by atoms with Gasteiger partial charge < -0.3 is 24.8 Å². The monoisotopic (exact) mass is 291 g/mol.